The largest absolute Gasteiger partial charge is 0.357 e. The van der Waals surface area contributed by atoms with E-state index in [1.807, 2.05) is 13.1 Å². The molecule has 0 bridgehead atoms. The van der Waals surface area contributed by atoms with Crippen molar-refractivity contribution in [2.45, 2.75) is 25.0 Å². The Morgan fingerprint density at radius 1 is 1.53 bits per heavy atom. The molecule has 1 aromatic carbocycles. The number of fused-ring (bicyclic) bond motifs is 3. The fourth-order valence-electron chi connectivity index (χ4n) is 2.90. The Hall–Kier alpha value is -1.09. The Labute approximate surface area is 88.6 Å². The Kier molecular flexibility index (Phi) is 1.67. The van der Waals surface area contributed by atoms with Gasteiger partial charge in [0.25, 0.3) is 0 Å². The van der Waals surface area contributed by atoms with E-state index in [4.69, 9.17) is 4.74 Å². The summed E-state index contributed by atoms with van der Waals surface area (Å²) >= 11 is 0. The lowest BCUT2D eigenvalue weighted by Gasteiger charge is -2.26. The lowest BCUT2D eigenvalue weighted by atomic mass is 9.82. The highest BCUT2D eigenvalue weighted by molar-refractivity contribution is 5.63. The van der Waals surface area contributed by atoms with Gasteiger partial charge in [-0.15, -0.1) is 0 Å². The maximum Gasteiger partial charge on any atom is 0.139 e. The molecule has 2 aliphatic rings. The number of anilines is 1. The molecule has 1 saturated heterocycles. The Balaban J connectivity index is 2.21. The SMILES string of the molecule is CN1c2ccc(F)cc2C2(C)CCOC12. The molecule has 0 radical (unpaired) electrons. The van der Waals surface area contributed by atoms with Crippen LogP contribution < -0.4 is 4.90 Å². The van der Waals surface area contributed by atoms with E-state index in [2.05, 4.69) is 11.8 Å². The van der Waals surface area contributed by atoms with Gasteiger partial charge in [0, 0.05) is 18.2 Å². The fourth-order valence-corrected chi connectivity index (χ4v) is 2.90. The van der Waals surface area contributed by atoms with Crippen LogP contribution in [-0.4, -0.2) is 19.9 Å². The standard InChI is InChI=1S/C12H14FNO/c1-12-5-6-15-11(12)14(2)10-4-3-8(13)7-9(10)12/h3-4,7,11H,5-6H2,1-2H3. The molecule has 3 heteroatoms. The van der Waals surface area contributed by atoms with Crippen LogP contribution in [0.2, 0.25) is 0 Å². The van der Waals surface area contributed by atoms with Crippen LogP contribution in [0.3, 0.4) is 0 Å². The van der Waals surface area contributed by atoms with Gasteiger partial charge in [0.05, 0.1) is 6.61 Å². The van der Waals surface area contributed by atoms with Crippen molar-refractivity contribution < 1.29 is 9.13 Å². The van der Waals surface area contributed by atoms with Gasteiger partial charge in [0.1, 0.15) is 12.0 Å². The quantitative estimate of drug-likeness (QED) is 0.647. The normalized spacial score (nSPS) is 33.0. The molecule has 1 aromatic rings. The average molecular weight is 207 g/mol. The molecule has 2 unspecified atom stereocenters. The Bertz CT molecular complexity index is 420. The van der Waals surface area contributed by atoms with Gasteiger partial charge in [-0.3, -0.25) is 0 Å². The third kappa shape index (κ3) is 1.01. The van der Waals surface area contributed by atoms with Gasteiger partial charge in [-0.2, -0.15) is 0 Å². The van der Waals surface area contributed by atoms with Gasteiger partial charge in [0.15, 0.2) is 0 Å². The monoisotopic (exact) mass is 207 g/mol. The van der Waals surface area contributed by atoms with Crippen molar-refractivity contribution in [3.63, 3.8) is 0 Å². The van der Waals surface area contributed by atoms with Crippen molar-refractivity contribution in [2.75, 3.05) is 18.6 Å². The van der Waals surface area contributed by atoms with E-state index in [-0.39, 0.29) is 17.5 Å². The van der Waals surface area contributed by atoms with Crippen LogP contribution in [0.4, 0.5) is 10.1 Å². The summed E-state index contributed by atoms with van der Waals surface area (Å²) in [6, 6.07) is 5.01. The molecule has 0 saturated carbocycles. The Morgan fingerprint density at radius 2 is 2.33 bits per heavy atom. The second kappa shape index (κ2) is 2.73. The summed E-state index contributed by atoms with van der Waals surface area (Å²) in [5, 5.41) is 0. The third-order valence-electron chi connectivity index (χ3n) is 3.75. The second-order valence-electron chi connectivity index (χ2n) is 4.66. The second-order valence-corrected chi connectivity index (χ2v) is 4.66. The van der Waals surface area contributed by atoms with E-state index in [9.17, 15) is 4.39 Å². The molecule has 3 rings (SSSR count). The number of hydrogen-bond donors (Lipinski definition) is 0. The molecular formula is C12H14FNO. The van der Waals surface area contributed by atoms with Crippen molar-refractivity contribution in [2.24, 2.45) is 0 Å². The molecule has 2 nitrogen and oxygen atoms in total. The molecule has 80 valence electrons. The summed E-state index contributed by atoms with van der Waals surface area (Å²) in [6.07, 6.45) is 1.05. The highest BCUT2D eigenvalue weighted by atomic mass is 19.1. The number of ether oxygens (including phenoxy) is 1. The Morgan fingerprint density at radius 3 is 3.13 bits per heavy atom. The van der Waals surface area contributed by atoms with Crippen LogP contribution in [0.5, 0.6) is 0 Å². The van der Waals surface area contributed by atoms with Gasteiger partial charge >= 0.3 is 0 Å². The van der Waals surface area contributed by atoms with Gasteiger partial charge in [-0.1, -0.05) is 6.92 Å². The van der Waals surface area contributed by atoms with Crippen molar-refractivity contribution >= 4 is 5.69 Å². The number of rotatable bonds is 0. The maximum atomic E-state index is 13.3. The predicted molar refractivity (Wildman–Crippen MR) is 56.5 cm³/mol. The fraction of sp³-hybridized carbons (Fsp3) is 0.500. The minimum absolute atomic E-state index is 0.0355. The smallest absolute Gasteiger partial charge is 0.139 e. The number of nitrogens with zero attached hydrogens (tertiary/aromatic N) is 1. The molecule has 15 heavy (non-hydrogen) atoms. The van der Waals surface area contributed by atoms with E-state index >= 15 is 0 Å². The van der Waals surface area contributed by atoms with E-state index in [0.717, 1.165) is 24.3 Å². The van der Waals surface area contributed by atoms with Gasteiger partial charge in [0.2, 0.25) is 0 Å². The first-order chi connectivity index (χ1) is 7.13. The van der Waals surface area contributed by atoms with Gasteiger partial charge in [-0.05, 0) is 30.2 Å². The van der Waals surface area contributed by atoms with E-state index in [1.165, 1.54) is 6.07 Å². The molecule has 2 heterocycles. The average Bonchev–Trinajstić information content (AvgIpc) is 2.67. The molecule has 0 N–H and O–H groups in total. The van der Waals surface area contributed by atoms with Crippen molar-refractivity contribution in [3.8, 4) is 0 Å². The molecular weight excluding hydrogens is 193 g/mol. The van der Waals surface area contributed by atoms with Crippen LogP contribution in [0.25, 0.3) is 0 Å². The molecule has 2 atom stereocenters. The first-order valence-corrected chi connectivity index (χ1v) is 5.27. The van der Waals surface area contributed by atoms with Crippen LogP contribution in [0.15, 0.2) is 18.2 Å². The highest BCUT2D eigenvalue weighted by Crippen LogP contribution is 2.50. The van der Waals surface area contributed by atoms with Crippen molar-refractivity contribution in [1.82, 2.24) is 0 Å². The molecule has 0 aromatic heterocycles. The minimum atomic E-state index is -0.157. The number of hydrogen-bond acceptors (Lipinski definition) is 2. The minimum Gasteiger partial charge on any atom is -0.357 e. The zero-order valence-corrected chi connectivity index (χ0v) is 8.96. The summed E-state index contributed by atoms with van der Waals surface area (Å²) in [6.45, 7) is 2.92. The van der Waals surface area contributed by atoms with Crippen molar-refractivity contribution in [3.05, 3.63) is 29.6 Å². The lowest BCUT2D eigenvalue weighted by Crippen LogP contribution is -2.37. The first-order valence-electron chi connectivity index (χ1n) is 5.27. The highest BCUT2D eigenvalue weighted by Gasteiger charge is 2.50. The molecule has 0 amide bonds. The molecule has 1 fully saturated rings. The van der Waals surface area contributed by atoms with E-state index in [1.54, 1.807) is 6.07 Å². The number of likely N-dealkylation sites (N-methyl/N-ethyl adjacent to an activating group) is 1. The summed E-state index contributed by atoms with van der Waals surface area (Å²) in [5.41, 5.74) is 2.16. The summed E-state index contributed by atoms with van der Waals surface area (Å²) in [4.78, 5) is 2.11. The zero-order valence-electron chi connectivity index (χ0n) is 8.96. The van der Waals surface area contributed by atoms with Gasteiger partial charge in [-0.25, -0.2) is 4.39 Å². The lowest BCUT2D eigenvalue weighted by molar-refractivity contribution is 0.0920. The summed E-state index contributed by atoms with van der Waals surface area (Å²) in [5.74, 6) is -0.157. The maximum absolute atomic E-state index is 13.3. The van der Waals surface area contributed by atoms with E-state index in [0.29, 0.717) is 0 Å². The van der Waals surface area contributed by atoms with Crippen LogP contribution in [-0.2, 0) is 10.2 Å². The first kappa shape index (κ1) is 9.16. The van der Waals surface area contributed by atoms with Crippen molar-refractivity contribution in [1.29, 1.82) is 0 Å². The number of benzene rings is 1. The molecule has 2 aliphatic heterocycles. The van der Waals surface area contributed by atoms with Crippen LogP contribution >= 0.6 is 0 Å². The summed E-state index contributed by atoms with van der Waals surface area (Å²) in [7, 11) is 2.01. The van der Waals surface area contributed by atoms with Gasteiger partial charge < -0.3 is 9.64 Å². The predicted octanol–water partition coefficient (Wildman–Crippen LogP) is 2.28. The summed E-state index contributed by atoms with van der Waals surface area (Å²) < 4.78 is 19.0. The number of halogens is 1. The molecule has 0 aliphatic carbocycles. The van der Waals surface area contributed by atoms with Crippen LogP contribution in [0.1, 0.15) is 18.9 Å². The molecule has 0 spiro atoms. The zero-order chi connectivity index (χ0) is 10.6. The third-order valence-corrected chi connectivity index (χ3v) is 3.75. The van der Waals surface area contributed by atoms with E-state index < -0.39 is 0 Å². The topological polar surface area (TPSA) is 12.5 Å². The van der Waals surface area contributed by atoms with Crippen LogP contribution in [0, 0.1) is 5.82 Å².